The van der Waals surface area contributed by atoms with E-state index in [1.54, 1.807) is 6.07 Å². The van der Waals surface area contributed by atoms with Crippen LogP contribution in [-0.2, 0) is 0 Å². The molecule has 1 aromatic heterocycles. The van der Waals surface area contributed by atoms with Gasteiger partial charge in [0, 0.05) is 10.5 Å². The molecule has 0 radical (unpaired) electrons. The number of halogens is 2. The molecule has 0 fully saturated rings. The highest BCUT2D eigenvalue weighted by atomic mass is 79.9. The minimum Gasteiger partial charge on any atom is -0.396 e. The molecule has 0 aliphatic carbocycles. The van der Waals surface area contributed by atoms with Crippen LogP contribution < -0.4 is 11.1 Å². The van der Waals surface area contributed by atoms with Gasteiger partial charge in [0.05, 0.1) is 17.4 Å². The summed E-state index contributed by atoms with van der Waals surface area (Å²) >= 11 is 3.10. The van der Waals surface area contributed by atoms with E-state index >= 15 is 0 Å². The fourth-order valence-electron chi connectivity index (χ4n) is 1.25. The van der Waals surface area contributed by atoms with Gasteiger partial charge in [0.1, 0.15) is 11.6 Å². The zero-order valence-corrected chi connectivity index (χ0v) is 10.1. The van der Waals surface area contributed by atoms with E-state index in [2.05, 4.69) is 31.4 Å². The summed E-state index contributed by atoms with van der Waals surface area (Å²) in [5.41, 5.74) is 5.57. The Labute approximate surface area is 104 Å². The lowest BCUT2D eigenvalue weighted by molar-refractivity contribution is 0.102. The number of carbonyl (C=O) groups excluding carboxylic acids is 1. The summed E-state index contributed by atoms with van der Waals surface area (Å²) < 4.78 is 13.4. The van der Waals surface area contributed by atoms with Gasteiger partial charge in [-0.1, -0.05) is 0 Å². The van der Waals surface area contributed by atoms with Gasteiger partial charge >= 0.3 is 0 Å². The largest absolute Gasteiger partial charge is 0.396 e. The van der Waals surface area contributed by atoms with Crippen molar-refractivity contribution >= 4 is 33.3 Å². The van der Waals surface area contributed by atoms with Crippen LogP contribution in [0.5, 0.6) is 0 Å². The second-order valence-corrected chi connectivity index (χ2v) is 4.13. The Bertz CT molecular complexity index is 556. The van der Waals surface area contributed by atoms with Crippen LogP contribution in [0.15, 0.2) is 28.9 Å². The topological polar surface area (TPSA) is 83.8 Å². The molecule has 0 unspecified atom stereocenters. The minimum absolute atomic E-state index is 0.0806. The van der Waals surface area contributed by atoms with Crippen molar-refractivity contribution in [1.82, 2.24) is 10.2 Å². The Kier molecular flexibility index (Phi) is 3.10. The van der Waals surface area contributed by atoms with Crippen LogP contribution in [0.2, 0.25) is 0 Å². The van der Waals surface area contributed by atoms with E-state index in [-0.39, 0.29) is 11.3 Å². The van der Waals surface area contributed by atoms with Crippen LogP contribution in [0, 0.1) is 5.82 Å². The van der Waals surface area contributed by atoms with Crippen molar-refractivity contribution < 1.29 is 9.18 Å². The normalized spacial score (nSPS) is 10.2. The molecule has 0 aliphatic heterocycles. The second-order valence-electron chi connectivity index (χ2n) is 3.28. The molecule has 17 heavy (non-hydrogen) atoms. The van der Waals surface area contributed by atoms with Crippen molar-refractivity contribution in [3.8, 4) is 0 Å². The van der Waals surface area contributed by atoms with Crippen molar-refractivity contribution in [3.05, 3.63) is 40.2 Å². The van der Waals surface area contributed by atoms with Gasteiger partial charge in [-0.25, -0.2) is 4.39 Å². The Morgan fingerprint density at radius 3 is 2.94 bits per heavy atom. The van der Waals surface area contributed by atoms with Gasteiger partial charge in [-0.15, -0.1) is 0 Å². The third-order valence-electron chi connectivity index (χ3n) is 2.08. The number of hydrogen-bond donors (Lipinski definition) is 3. The van der Waals surface area contributed by atoms with Crippen LogP contribution in [0.1, 0.15) is 10.4 Å². The van der Waals surface area contributed by atoms with E-state index in [1.807, 2.05) is 0 Å². The Hall–Kier alpha value is -1.89. The predicted octanol–water partition coefficient (Wildman–Crippen LogP) is 2.15. The molecule has 2 aromatic rings. The summed E-state index contributed by atoms with van der Waals surface area (Å²) in [7, 11) is 0. The molecule has 2 rings (SSSR count). The van der Waals surface area contributed by atoms with E-state index < -0.39 is 11.7 Å². The Morgan fingerprint density at radius 2 is 2.29 bits per heavy atom. The molecule has 88 valence electrons. The summed E-state index contributed by atoms with van der Waals surface area (Å²) in [5, 5.41) is 8.83. The number of benzene rings is 1. The molecule has 7 heteroatoms. The maximum absolute atomic E-state index is 13.1. The van der Waals surface area contributed by atoms with Crippen molar-refractivity contribution in [2.45, 2.75) is 0 Å². The SMILES string of the molecule is Nc1cc(C(=O)Nc2ccn[nH]2)c(Br)cc1F. The molecule has 0 saturated carbocycles. The number of H-pyrrole nitrogens is 1. The molecule has 1 aromatic carbocycles. The number of nitrogens with two attached hydrogens (primary N) is 1. The molecule has 0 spiro atoms. The lowest BCUT2D eigenvalue weighted by atomic mass is 10.2. The number of hydrogen-bond acceptors (Lipinski definition) is 3. The first kappa shape index (κ1) is 11.6. The quantitative estimate of drug-likeness (QED) is 0.743. The fourth-order valence-corrected chi connectivity index (χ4v) is 1.75. The number of aromatic amines is 1. The molecule has 0 aliphatic rings. The highest BCUT2D eigenvalue weighted by Gasteiger charge is 2.13. The number of amides is 1. The molecule has 5 nitrogen and oxygen atoms in total. The number of aromatic nitrogens is 2. The Balaban J connectivity index is 2.28. The maximum Gasteiger partial charge on any atom is 0.258 e. The van der Waals surface area contributed by atoms with Gasteiger partial charge in [-0.05, 0) is 28.1 Å². The van der Waals surface area contributed by atoms with Crippen LogP contribution >= 0.6 is 15.9 Å². The molecule has 1 amide bonds. The van der Waals surface area contributed by atoms with Crippen LogP contribution in [-0.4, -0.2) is 16.1 Å². The first-order valence-corrected chi connectivity index (χ1v) is 5.42. The highest BCUT2D eigenvalue weighted by Crippen LogP contribution is 2.23. The molecule has 0 atom stereocenters. The van der Waals surface area contributed by atoms with Gasteiger partial charge in [0.2, 0.25) is 0 Å². The molecule has 4 N–H and O–H groups in total. The molecule has 0 saturated heterocycles. The van der Waals surface area contributed by atoms with E-state index in [4.69, 9.17) is 5.73 Å². The minimum atomic E-state index is -0.574. The average molecular weight is 299 g/mol. The summed E-state index contributed by atoms with van der Waals surface area (Å²) in [4.78, 5) is 11.8. The number of carbonyl (C=O) groups is 1. The van der Waals surface area contributed by atoms with Crippen molar-refractivity contribution in [2.75, 3.05) is 11.1 Å². The second kappa shape index (κ2) is 4.54. The molecular formula is C10H8BrFN4O. The van der Waals surface area contributed by atoms with E-state index in [0.717, 1.165) is 6.07 Å². The Morgan fingerprint density at radius 1 is 1.53 bits per heavy atom. The zero-order chi connectivity index (χ0) is 12.4. The number of nitrogens with zero attached hydrogens (tertiary/aromatic N) is 1. The zero-order valence-electron chi connectivity index (χ0n) is 8.50. The number of nitrogen functional groups attached to an aromatic ring is 1. The number of anilines is 2. The molecule has 0 bridgehead atoms. The van der Waals surface area contributed by atoms with Gasteiger partial charge < -0.3 is 11.1 Å². The van der Waals surface area contributed by atoms with Crippen molar-refractivity contribution in [1.29, 1.82) is 0 Å². The standard InChI is InChI=1S/C10H8BrFN4O/c11-6-4-7(12)8(13)3-5(6)10(17)15-9-1-2-14-16-9/h1-4H,13H2,(H2,14,15,16,17). The smallest absolute Gasteiger partial charge is 0.258 e. The summed E-state index contributed by atoms with van der Waals surface area (Å²) in [5.74, 6) is -0.535. The number of rotatable bonds is 2. The van der Waals surface area contributed by atoms with Gasteiger partial charge in [0.25, 0.3) is 5.91 Å². The third-order valence-corrected chi connectivity index (χ3v) is 2.74. The number of nitrogens with one attached hydrogen (secondary N) is 2. The van der Waals surface area contributed by atoms with E-state index in [0.29, 0.717) is 10.3 Å². The van der Waals surface area contributed by atoms with E-state index in [9.17, 15) is 9.18 Å². The molecule has 1 heterocycles. The fraction of sp³-hybridized carbons (Fsp3) is 0. The molecular weight excluding hydrogens is 291 g/mol. The summed E-state index contributed by atoms with van der Waals surface area (Å²) in [6.45, 7) is 0. The summed E-state index contributed by atoms with van der Waals surface area (Å²) in [6, 6.07) is 4.01. The summed E-state index contributed by atoms with van der Waals surface area (Å²) in [6.07, 6.45) is 1.50. The van der Waals surface area contributed by atoms with Gasteiger partial charge in [-0.2, -0.15) is 5.10 Å². The monoisotopic (exact) mass is 298 g/mol. The third kappa shape index (κ3) is 2.44. The van der Waals surface area contributed by atoms with E-state index in [1.165, 1.54) is 12.3 Å². The van der Waals surface area contributed by atoms with Crippen LogP contribution in [0.4, 0.5) is 15.9 Å². The first-order chi connectivity index (χ1) is 8.08. The predicted molar refractivity (Wildman–Crippen MR) is 65.1 cm³/mol. The van der Waals surface area contributed by atoms with Crippen molar-refractivity contribution in [3.63, 3.8) is 0 Å². The lowest BCUT2D eigenvalue weighted by Gasteiger charge is -2.06. The highest BCUT2D eigenvalue weighted by molar-refractivity contribution is 9.10. The first-order valence-electron chi connectivity index (χ1n) is 4.63. The van der Waals surface area contributed by atoms with Gasteiger partial charge in [0.15, 0.2) is 0 Å². The maximum atomic E-state index is 13.1. The van der Waals surface area contributed by atoms with Crippen molar-refractivity contribution in [2.24, 2.45) is 0 Å². The lowest BCUT2D eigenvalue weighted by Crippen LogP contribution is -2.13. The average Bonchev–Trinajstić information content (AvgIpc) is 2.76. The van der Waals surface area contributed by atoms with Crippen LogP contribution in [0.3, 0.4) is 0 Å². The van der Waals surface area contributed by atoms with Crippen LogP contribution in [0.25, 0.3) is 0 Å². The van der Waals surface area contributed by atoms with Gasteiger partial charge in [-0.3, -0.25) is 9.89 Å².